The first-order valence-electron chi connectivity index (χ1n) is 33.0. The van der Waals surface area contributed by atoms with Gasteiger partial charge in [-0.3, -0.25) is 62.5 Å². The third kappa shape index (κ3) is 24.4. The molecule has 3 aromatic carbocycles. The Bertz CT molecular complexity index is 3780. The highest BCUT2D eigenvalue weighted by Crippen LogP contribution is 2.34. The molecule has 1 aliphatic heterocycles. The van der Waals surface area contributed by atoms with E-state index in [1.807, 2.05) is 0 Å². The average molecular weight is 1420 g/mol. The Morgan fingerprint density at radius 1 is 0.703 bits per heavy atom. The fourth-order valence-corrected chi connectivity index (χ4v) is 11.6. The predicted molar refractivity (Wildman–Crippen MR) is 374 cm³/mol. The highest BCUT2D eigenvalue weighted by molar-refractivity contribution is 7.99. The monoisotopic (exact) mass is 1410 g/mol. The predicted octanol–water partition coefficient (Wildman–Crippen LogP) is -1.08. The second kappa shape index (κ2) is 39.9. The highest BCUT2D eigenvalue weighted by atomic mass is 32.2. The molecular formula is C68H90N18O14S. The molecule has 32 nitrogen and oxygen atoms in total. The Morgan fingerprint density at radius 3 is 1.91 bits per heavy atom. The summed E-state index contributed by atoms with van der Waals surface area (Å²) in [7, 11) is 1.50. The summed E-state index contributed by atoms with van der Waals surface area (Å²) in [6.45, 7) is 2.50. The minimum atomic E-state index is -1.89. The minimum Gasteiger partial charge on any atom is -0.481 e. The molecule has 542 valence electrons. The third-order valence-electron chi connectivity index (χ3n) is 16.0. The Balaban J connectivity index is 1.38. The number of amides is 11. The summed E-state index contributed by atoms with van der Waals surface area (Å²) >= 11 is 1.24. The fraction of sp³-hybridized carbons (Fsp3) is 0.426. The molecule has 0 radical (unpaired) electrons. The van der Waals surface area contributed by atoms with Crippen LogP contribution in [-0.2, 0) is 59.2 Å². The maximum atomic E-state index is 15.3. The van der Waals surface area contributed by atoms with Gasteiger partial charge in [0, 0.05) is 73.9 Å². The first kappa shape index (κ1) is 79.5. The Labute approximate surface area is 587 Å². The molecule has 8 atom stereocenters. The number of ketones is 1. The molecule has 1 fully saturated rings. The van der Waals surface area contributed by atoms with E-state index in [0.29, 0.717) is 37.7 Å². The van der Waals surface area contributed by atoms with Crippen LogP contribution in [0, 0.1) is 5.92 Å². The number of pyridine rings is 1. The van der Waals surface area contributed by atoms with Crippen LogP contribution in [0.25, 0.3) is 23.1 Å². The molecule has 6 rings (SSSR count). The number of benzene rings is 3. The molecule has 1 aliphatic rings. The van der Waals surface area contributed by atoms with Crippen molar-refractivity contribution in [3.63, 3.8) is 0 Å². The van der Waals surface area contributed by atoms with Crippen LogP contribution in [0.5, 0.6) is 0 Å². The Kier molecular flexibility index (Phi) is 31.4. The van der Waals surface area contributed by atoms with E-state index in [1.54, 1.807) is 123 Å². The lowest BCUT2D eigenvalue weighted by atomic mass is 10.00. The van der Waals surface area contributed by atoms with Crippen molar-refractivity contribution in [3.05, 3.63) is 120 Å². The lowest BCUT2D eigenvalue weighted by molar-refractivity contribution is -0.138. The van der Waals surface area contributed by atoms with Gasteiger partial charge in [0.25, 0.3) is 5.91 Å². The first-order chi connectivity index (χ1) is 48.3. The number of hydrogen-bond donors (Lipinski definition) is 15. The standard InChI is InChI=1S/C68H90N18O14S/c1-39(2)36-52-65(97)80-48(23-28-69)61(93)79-50(25-30-71)64(96)83-58(40(3)87)67(99)75-32-26-51(63(95)78-49(24-29-70)62(94)82-53(66(98)81-52)37-41-12-6-5-7-13-41)77-56(88)27-34-85(35-33-76-60(92)46(72)20-22-57(89)90)68(100)86-54-38-43(101-55-16-9-8-15-45(55)59(91)73-4)18-19-44(54)47(84-86)21-17-42-14-10-11-31-74-42/h5-19,21,31,38-39,46,48-53,58H,20,22-30,32-37,69-72H2,1-4H3,(H,73,91)(H,75,99)(H,76,92)(H,77,88)(H,78,95)(H,79,93)(H,80,97)(H,81,98)(H,82,94)(H,83,96)(H,89,90)/b21-17+/t46-,48-,49-,50-,51-,52-,53+,58-/m0/s1. The van der Waals surface area contributed by atoms with E-state index in [0.717, 1.165) is 11.6 Å². The number of aliphatic carboxylic acids is 1. The van der Waals surface area contributed by atoms with Crippen molar-refractivity contribution in [3.8, 4) is 0 Å². The van der Waals surface area contributed by atoms with Gasteiger partial charge in [-0.1, -0.05) is 74.1 Å². The van der Waals surface area contributed by atoms with Crippen molar-refractivity contribution < 1.29 is 67.4 Å². The summed E-state index contributed by atoms with van der Waals surface area (Å²) in [5, 5.41) is 40.4. The van der Waals surface area contributed by atoms with Crippen LogP contribution in [0.1, 0.15) is 99.4 Å². The van der Waals surface area contributed by atoms with E-state index in [-0.39, 0.29) is 88.6 Å². The van der Waals surface area contributed by atoms with Crippen LogP contribution in [0.15, 0.2) is 107 Å². The van der Waals surface area contributed by atoms with Crippen molar-refractivity contribution in [1.29, 1.82) is 0 Å². The lowest BCUT2D eigenvalue weighted by Crippen LogP contribution is -2.61. The van der Waals surface area contributed by atoms with Crippen LogP contribution < -0.4 is 76.1 Å². The van der Waals surface area contributed by atoms with Gasteiger partial charge in [0.05, 0.1) is 28.5 Å². The molecule has 0 aliphatic carbocycles. The summed E-state index contributed by atoms with van der Waals surface area (Å²) in [4.78, 5) is 187. The maximum Gasteiger partial charge on any atom is 0.345 e. The molecular weight excluding hydrogens is 1320 g/mol. The number of rotatable bonds is 27. The molecule has 101 heavy (non-hydrogen) atoms. The summed E-state index contributed by atoms with van der Waals surface area (Å²) in [5.41, 5.74) is 25.9. The quantitative estimate of drug-likeness (QED) is 0.0278. The number of carbonyl (C=O) groups excluding carboxylic acids is 12. The zero-order chi connectivity index (χ0) is 73.7. The normalized spacial score (nSPS) is 19.5. The Hall–Kier alpha value is -10.5. The molecule has 0 unspecified atom stereocenters. The van der Waals surface area contributed by atoms with Gasteiger partial charge in [0.15, 0.2) is 11.8 Å². The number of nitrogens with zero attached hydrogens (tertiary/aromatic N) is 4. The second-order valence-corrected chi connectivity index (χ2v) is 25.3. The number of nitrogens with one attached hydrogen (secondary N) is 10. The maximum absolute atomic E-state index is 15.3. The summed E-state index contributed by atoms with van der Waals surface area (Å²) in [6, 6.07) is 13.2. The minimum absolute atomic E-state index is 0.0269. The van der Waals surface area contributed by atoms with Crippen molar-refractivity contribution in [2.45, 2.75) is 137 Å². The molecule has 0 bridgehead atoms. The van der Waals surface area contributed by atoms with E-state index in [9.17, 15) is 62.6 Å². The molecule has 1 saturated heterocycles. The van der Waals surface area contributed by atoms with Crippen molar-refractivity contribution in [2.75, 3.05) is 52.9 Å². The SMILES string of the molecule is CNC(=O)c1ccccc1Sc1ccc2c(/C=C/c3ccccn3)nn(C(=O)N(CCNC(=O)[C@@H](N)CCC(=O)O)CCC(=O)N[C@H]3CCNC(=O)[C@H](C(C)=O)NC(=O)[C@H](CCN)NC(=O)[C@H](CCN)NC(=O)[C@H](CC(C)C)NC(=O)[C@@H](Cc4ccccc4)NC(=O)[C@H](CCN)NC3=O)c2c1. The summed E-state index contributed by atoms with van der Waals surface area (Å²) in [5.74, 6) is -10.8. The number of nitrogens with two attached hydrogens (primary N) is 4. The fourth-order valence-electron chi connectivity index (χ4n) is 10.6. The van der Waals surface area contributed by atoms with Gasteiger partial charge in [0.2, 0.25) is 53.2 Å². The number of carbonyl (C=O) groups is 13. The smallest absolute Gasteiger partial charge is 0.345 e. The number of carboxylic acid groups (broad SMARTS) is 1. The molecule has 2 aromatic heterocycles. The highest BCUT2D eigenvalue weighted by Gasteiger charge is 2.36. The van der Waals surface area contributed by atoms with Crippen LogP contribution >= 0.6 is 11.8 Å². The van der Waals surface area contributed by atoms with Crippen LogP contribution in [0.4, 0.5) is 4.79 Å². The zero-order valence-corrected chi connectivity index (χ0v) is 57.5. The largest absolute Gasteiger partial charge is 0.481 e. The van der Waals surface area contributed by atoms with Crippen LogP contribution in [0.3, 0.4) is 0 Å². The van der Waals surface area contributed by atoms with Gasteiger partial charge in [-0.05, 0) is 131 Å². The molecule has 11 amide bonds. The van der Waals surface area contributed by atoms with Crippen LogP contribution in [-0.4, -0.2) is 203 Å². The van der Waals surface area contributed by atoms with Gasteiger partial charge < -0.3 is 86.1 Å². The van der Waals surface area contributed by atoms with E-state index < -0.39 is 152 Å². The molecule has 3 heterocycles. The molecule has 0 saturated carbocycles. The molecule has 0 spiro atoms. The van der Waals surface area contributed by atoms with Crippen molar-refractivity contribution >= 4 is 112 Å². The van der Waals surface area contributed by atoms with Crippen LogP contribution in [0.2, 0.25) is 0 Å². The molecule has 19 N–H and O–H groups in total. The van der Waals surface area contributed by atoms with E-state index >= 15 is 4.79 Å². The van der Waals surface area contributed by atoms with Crippen molar-refractivity contribution in [2.24, 2.45) is 28.9 Å². The van der Waals surface area contributed by atoms with Gasteiger partial charge in [-0.25, -0.2) is 4.79 Å². The van der Waals surface area contributed by atoms with Gasteiger partial charge >= 0.3 is 12.0 Å². The third-order valence-corrected chi connectivity index (χ3v) is 17.0. The first-order valence-corrected chi connectivity index (χ1v) is 33.9. The molecule has 5 aromatic rings. The number of fused-ring (bicyclic) bond motifs is 1. The van der Waals surface area contributed by atoms with E-state index in [2.05, 4.69) is 58.2 Å². The summed E-state index contributed by atoms with van der Waals surface area (Å²) in [6.07, 6.45) is 2.54. The zero-order valence-electron chi connectivity index (χ0n) is 56.7. The second-order valence-electron chi connectivity index (χ2n) is 24.2. The van der Waals surface area contributed by atoms with Gasteiger partial charge in [-0.15, -0.1) is 0 Å². The van der Waals surface area contributed by atoms with E-state index in [4.69, 9.17) is 28.0 Å². The lowest BCUT2D eigenvalue weighted by Gasteiger charge is -2.28. The number of Topliss-reactive ketones (excluding diaryl/α,β-unsaturated/α-hetero) is 1. The summed E-state index contributed by atoms with van der Waals surface area (Å²) < 4.78 is 1.09. The Morgan fingerprint density at radius 2 is 1.30 bits per heavy atom. The number of hydrogen-bond acceptors (Lipinski definition) is 20. The average Bonchev–Trinajstić information content (AvgIpc) is 1.64. The van der Waals surface area contributed by atoms with Gasteiger partial charge in [-0.2, -0.15) is 9.78 Å². The topological polar surface area (TPSA) is 500 Å². The van der Waals surface area contributed by atoms with Gasteiger partial charge in [0.1, 0.15) is 36.3 Å². The number of carboxylic acids is 1. The molecule has 33 heteroatoms. The number of aromatic nitrogens is 3. The van der Waals surface area contributed by atoms with Crippen molar-refractivity contribution in [1.82, 2.24) is 72.8 Å². The van der Waals surface area contributed by atoms with E-state index in [1.165, 1.54) is 23.7 Å².